The minimum Gasteiger partial charge on any atom is -0.497 e. The Morgan fingerprint density at radius 2 is 1.79 bits per heavy atom. The van der Waals surface area contributed by atoms with Gasteiger partial charge < -0.3 is 14.8 Å². The van der Waals surface area contributed by atoms with Crippen molar-refractivity contribution < 1.29 is 19.4 Å². The number of nitrogens with one attached hydrogen (secondary N) is 1. The molecule has 0 spiro atoms. The molecule has 3 aromatic rings. The Hall–Kier alpha value is -2.84. The maximum absolute atomic E-state index is 13.9. The number of carboxylic acids is 1. The van der Waals surface area contributed by atoms with Gasteiger partial charge in [0.1, 0.15) is 11.0 Å². The monoisotopic (exact) mass is 481 g/mol. The summed E-state index contributed by atoms with van der Waals surface area (Å²) >= 11 is 2.11. The molecule has 33 heavy (non-hydrogen) atoms. The average molecular weight is 482 g/mol. The molecule has 0 fully saturated rings. The van der Waals surface area contributed by atoms with E-state index < -0.39 is 23.1 Å². The number of thiazole rings is 1. The van der Waals surface area contributed by atoms with Crippen molar-refractivity contribution in [2.75, 3.05) is 7.11 Å². The van der Waals surface area contributed by atoms with Crippen LogP contribution < -0.4 is 9.61 Å². The Balaban J connectivity index is 1.64. The Bertz CT molecular complexity index is 1280. The minimum atomic E-state index is -1.06. The van der Waals surface area contributed by atoms with Gasteiger partial charge >= 0.3 is 10.8 Å². The molecule has 1 aliphatic heterocycles. The molecule has 2 aromatic carbocycles. The van der Waals surface area contributed by atoms with Gasteiger partial charge in [-0.05, 0) is 60.6 Å². The molecular weight excluding hydrogens is 458 g/mol. The van der Waals surface area contributed by atoms with Gasteiger partial charge in [0.15, 0.2) is 5.78 Å². The first-order valence-corrected chi connectivity index (χ1v) is 12.6. The van der Waals surface area contributed by atoms with Crippen molar-refractivity contribution in [3.63, 3.8) is 0 Å². The lowest BCUT2D eigenvalue weighted by Gasteiger charge is -2.34. The number of thioether (sulfide) groups is 1. The number of H-pyrrole nitrogens is 1. The van der Waals surface area contributed by atoms with Crippen LogP contribution in [0.25, 0.3) is 0 Å². The Morgan fingerprint density at radius 3 is 2.48 bits per heavy atom. The predicted molar refractivity (Wildman–Crippen MR) is 128 cm³/mol. The van der Waals surface area contributed by atoms with Gasteiger partial charge in [-0.15, -0.1) is 0 Å². The smallest absolute Gasteiger partial charge is 0.317 e. The summed E-state index contributed by atoms with van der Waals surface area (Å²) in [5.74, 6) is -1.98. The summed E-state index contributed by atoms with van der Waals surface area (Å²) < 4.78 is 5.27. The van der Waals surface area contributed by atoms with Gasteiger partial charge in [-0.3, -0.25) is 14.4 Å². The lowest BCUT2D eigenvalue weighted by Crippen LogP contribution is -2.39. The molecule has 0 amide bonds. The second-order valence-corrected chi connectivity index (χ2v) is 10.6. The highest BCUT2D eigenvalue weighted by molar-refractivity contribution is 8.00. The SMILES string of the molecule is COc1ccc([C@@H]2c3sc(=O)[nH]c3S[C@@H](C(=O)O)[C@H]2C(=O)c2ccc3c(c2)CCCC3)cc1. The summed E-state index contributed by atoms with van der Waals surface area (Å²) in [4.78, 5) is 41.7. The van der Waals surface area contributed by atoms with Gasteiger partial charge in [0.25, 0.3) is 0 Å². The summed E-state index contributed by atoms with van der Waals surface area (Å²) in [6, 6.07) is 13.1. The van der Waals surface area contributed by atoms with Crippen molar-refractivity contribution in [1.29, 1.82) is 0 Å². The summed E-state index contributed by atoms with van der Waals surface area (Å²) in [5.41, 5.74) is 3.77. The number of aryl methyl sites for hydroxylation is 2. The molecule has 170 valence electrons. The van der Waals surface area contributed by atoms with Crippen LogP contribution in [0.1, 0.15) is 50.7 Å². The zero-order valence-electron chi connectivity index (χ0n) is 18.0. The summed E-state index contributed by atoms with van der Waals surface area (Å²) in [6.45, 7) is 0. The van der Waals surface area contributed by atoms with E-state index in [0.29, 0.717) is 21.2 Å². The van der Waals surface area contributed by atoms with Crippen molar-refractivity contribution in [3.05, 3.63) is 79.3 Å². The topological polar surface area (TPSA) is 96.5 Å². The minimum absolute atomic E-state index is 0.199. The van der Waals surface area contributed by atoms with Crippen LogP contribution in [0.4, 0.5) is 0 Å². The summed E-state index contributed by atoms with van der Waals surface area (Å²) in [6.07, 6.45) is 4.19. The number of aliphatic carboxylic acids is 1. The van der Waals surface area contributed by atoms with Crippen molar-refractivity contribution in [1.82, 2.24) is 4.98 Å². The van der Waals surface area contributed by atoms with Crippen LogP contribution >= 0.6 is 23.1 Å². The third kappa shape index (κ3) is 4.02. The van der Waals surface area contributed by atoms with Gasteiger partial charge in [-0.1, -0.05) is 47.4 Å². The molecule has 1 aromatic heterocycles. The first-order valence-electron chi connectivity index (χ1n) is 10.9. The number of methoxy groups -OCH3 is 1. The maximum Gasteiger partial charge on any atom is 0.317 e. The molecule has 0 unspecified atom stereocenters. The average Bonchev–Trinajstić information content (AvgIpc) is 3.22. The second kappa shape index (κ2) is 8.83. The third-order valence-electron chi connectivity index (χ3n) is 6.51. The third-order valence-corrected chi connectivity index (χ3v) is 8.91. The van der Waals surface area contributed by atoms with E-state index in [-0.39, 0.29) is 10.7 Å². The van der Waals surface area contributed by atoms with Crippen LogP contribution in [0.2, 0.25) is 0 Å². The number of carbonyl (C=O) groups is 2. The largest absolute Gasteiger partial charge is 0.497 e. The number of Topliss-reactive ketones (excluding diaryl/α,β-unsaturated/α-hetero) is 1. The zero-order valence-corrected chi connectivity index (χ0v) is 19.6. The molecule has 1 aliphatic carbocycles. The van der Waals surface area contributed by atoms with E-state index in [1.165, 1.54) is 11.1 Å². The Kier molecular flexibility index (Phi) is 5.88. The maximum atomic E-state index is 13.9. The number of rotatable bonds is 5. The number of hydrogen-bond donors (Lipinski definition) is 2. The molecule has 0 radical (unpaired) electrons. The highest BCUT2D eigenvalue weighted by Gasteiger charge is 2.47. The van der Waals surface area contributed by atoms with Crippen molar-refractivity contribution in [2.24, 2.45) is 5.92 Å². The van der Waals surface area contributed by atoms with Crippen LogP contribution in [0, 0.1) is 5.92 Å². The number of fused-ring (bicyclic) bond motifs is 2. The van der Waals surface area contributed by atoms with E-state index >= 15 is 0 Å². The highest BCUT2D eigenvalue weighted by atomic mass is 32.2. The number of aromatic amines is 1. The van der Waals surface area contributed by atoms with Crippen LogP contribution in [-0.2, 0) is 17.6 Å². The molecular formula is C25H23NO5S2. The van der Waals surface area contributed by atoms with Gasteiger partial charge in [0.2, 0.25) is 0 Å². The van der Waals surface area contributed by atoms with Gasteiger partial charge in [0, 0.05) is 16.4 Å². The number of carboxylic acid groups (broad SMARTS) is 1. The molecule has 3 atom stereocenters. The molecule has 2 heterocycles. The molecule has 0 saturated carbocycles. The normalized spacial score (nSPS) is 21.7. The van der Waals surface area contributed by atoms with Crippen LogP contribution in [-0.4, -0.2) is 34.2 Å². The number of ether oxygens (including phenoxy) is 1. The first kappa shape index (κ1) is 22.0. The molecule has 0 saturated heterocycles. The van der Waals surface area contributed by atoms with E-state index in [1.807, 2.05) is 30.3 Å². The Labute approximate surface area is 199 Å². The quantitative estimate of drug-likeness (QED) is 0.521. The number of aromatic nitrogens is 1. The van der Waals surface area contributed by atoms with Gasteiger partial charge in [-0.25, -0.2) is 0 Å². The molecule has 8 heteroatoms. The number of carbonyl (C=O) groups excluding carboxylic acids is 1. The van der Waals surface area contributed by atoms with E-state index in [4.69, 9.17) is 4.74 Å². The van der Waals surface area contributed by atoms with Gasteiger partial charge in [0.05, 0.1) is 18.1 Å². The van der Waals surface area contributed by atoms with E-state index in [1.54, 1.807) is 19.2 Å². The molecule has 2 N–H and O–H groups in total. The van der Waals surface area contributed by atoms with E-state index in [2.05, 4.69) is 4.98 Å². The van der Waals surface area contributed by atoms with Crippen LogP contribution in [0.5, 0.6) is 5.75 Å². The zero-order chi connectivity index (χ0) is 23.1. The van der Waals surface area contributed by atoms with Crippen LogP contribution in [0.15, 0.2) is 52.3 Å². The first-order chi connectivity index (χ1) is 16.0. The number of ketones is 1. The fraction of sp³-hybridized carbons (Fsp3) is 0.320. The fourth-order valence-corrected chi connectivity index (χ4v) is 7.32. The molecule has 5 rings (SSSR count). The van der Waals surface area contributed by atoms with Crippen molar-refractivity contribution >= 4 is 34.9 Å². The van der Waals surface area contributed by atoms with Gasteiger partial charge in [-0.2, -0.15) is 0 Å². The standard InChI is InChI=1S/C25H23NO5S2/c1-31-17-10-8-14(9-11-17)18-19(22(24(28)29)32-23-21(18)33-25(30)26-23)20(27)16-7-6-13-4-2-3-5-15(13)12-16/h6-12,18-19,22H,2-5H2,1H3,(H,26,30)(H,28,29)/t18-,19+,22+/m0/s1. The Morgan fingerprint density at radius 1 is 1.06 bits per heavy atom. The lowest BCUT2D eigenvalue weighted by atomic mass is 9.77. The fourth-order valence-electron chi connectivity index (χ4n) is 4.90. The van der Waals surface area contributed by atoms with Crippen LogP contribution in [0.3, 0.4) is 0 Å². The van der Waals surface area contributed by atoms with E-state index in [9.17, 15) is 19.5 Å². The molecule has 0 bridgehead atoms. The summed E-state index contributed by atoms with van der Waals surface area (Å²) in [5, 5.41) is 9.61. The summed E-state index contributed by atoms with van der Waals surface area (Å²) in [7, 11) is 1.57. The second-order valence-electron chi connectivity index (χ2n) is 8.42. The molecule has 6 nitrogen and oxygen atoms in total. The lowest BCUT2D eigenvalue weighted by molar-refractivity contribution is -0.137. The predicted octanol–water partition coefficient (Wildman–Crippen LogP) is 4.51. The van der Waals surface area contributed by atoms with E-state index in [0.717, 1.165) is 54.3 Å². The number of benzene rings is 2. The van der Waals surface area contributed by atoms with Crippen molar-refractivity contribution in [3.8, 4) is 5.75 Å². The highest BCUT2D eigenvalue weighted by Crippen LogP contribution is 2.50. The molecule has 2 aliphatic rings. The van der Waals surface area contributed by atoms with Crippen molar-refractivity contribution in [2.45, 2.75) is 41.9 Å². The number of hydrogen-bond acceptors (Lipinski definition) is 6.